The molecule has 0 aliphatic carbocycles. The van der Waals surface area contributed by atoms with E-state index >= 15 is 0 Å². The second kappa shape index (κ2) is 8.46. The van der Waals surface area contributed by atoms with Gasteiger partial charge in [0, 0.05) is 37.9 Å². The van der Waals surface area contributed by atoms with Crippen LogP contribution in [0.2, 0.25) is 0 Å². The minimum Gasteiger partial charge on any atom is -0.385 e. The van der Waals surface area contributed by atoms with Crippen molar-refractivity contribution >= 4 is 21.6 Å². The minimum absolute atomic E-state index is 0.111. The van der Waals surface area contributed by atoms with Gasteiger partial charge >= 0.3 is 0 Å². The lowest BCUT2D eigenvalue weighted by Gasteiger charge is -2.14. The van der Waals surface area contributed by atoms with Gasteiger partial charge in [-0.1, -0.05) is 30.3 Å². The highest BCUT2D eigenvalue weighted by atomic mass is 32.2. The summed E-state index contributed by atoms with van der Waals surface area (Å²) in [5, 5.41) is 6.46. The van der Waals surface area contributed by atoms with E-state index < -0.39 is 9.84 Å². The first-order valence-electron chi connectivity index (χ1n) is 8.70. The molecule has 2 aromatic rings. The van der Waals surface area contributed by atoms with Crippen molar-refractivity contribution in [1.82, 2.24) is 9.97 Å². The number of hydrogen-bond donors (Lipinski definition) is 2. The highest BCUT2D eigenvalue weighted by Gasteiger charge is 2.28. The average Bonchev–Trinajstić information content (AvgIpc) is 2.98. The number of sulfone groups is 1. The summed E-state index contributed by atoms with van der Waals surface area (Å²) in [6.45, 7) is 1.36. The SMILES string of the molecule is COCCCNc1nc(NC2CCS(=O)(=O)C2)cc(-c2ccccc2)n1. The number of rotatable bonds is 8. The lowest BCUT2D eigenvalue weighted by molar-refractivity contribution is 0.197. The number of anilines is 2. The Morgan fingerprint density at radius 1 is 1.23 bits per heavy atom. The van der Waals surface area contributed by atoms with Crippen LogP contribution in [-0.4, -0.2) is 56.2 Å². The van der Waals surface area contributed by atoms with Crippen molar-refractivity contribution in [3.8, 4) is 11.3 Å². The van der Waals surface area contributed by atoms with Crippen LogP contribution in [0.15, 0.2) is 36.4 Å². The van der Waals surface area contributed by atoms with Gasteiger partial charge in [-0.3, -0.25) is 0 Å². The number of aromatic nitrogens is 2. The Labute approximate surface area is 154 Å². The van der Waals surface area contributed by atoms with Crippen molar-refractivity contribution in [3.05, 3.63) is 36.4 Å². The molecule has 140 valence electrons. The van der Waals surface area contributed by atoms with Crippen LogP contribution >= 0.6 is 0 Å². The van der Waals surface area contributed by atoms with Crippen molar-refractivity contribution in [2.75, 3.05) is 42.4 Å². The molecule has 1 atom stereocenters. The molecule has 1 aromatic heterocycles. The normalized spacial score (nSPS) is 18.6. The average molecular weight is 376 g/mol. The Bertz CT molecular complexity index is 828. The third kappa shape index (κ3) is 5.15. The summed E-state index contributed by atoms with van der Waals surface area (Å²) in [4.78, 5) is 9.08. The van der Waals surface area contributed by atoms with Crippen molar-refractivity contribution in [2.45, 2.75) is 18.9 Å². The van der Waals surface area contributed by atoms with E-state index in [0.717, 1.165) is 17.7 Å². The molecule has 0 radical (unpaired) electrons. The van der Waals surface area contributed by atoms with E-state index in [0.29, 0.717) is 31.3 Å². The lowest BCUT2D eigenvalue weighted by Crippen LogP contribution is -2.21. The zero-order valence-corrected chi connectivity index (χ0v) is 15.6. The van der Waals surface area contributed by atoms with Gasteiger partial charge in [0.15, 0.2) is 9.84 Å². The maximum Gasteiger partial charge on any atom is 0.225 e. The maximum atomic E-state index is 11.7. The van der Waals surface area contributed by atoms with E-state index in [1.165, 1.54) is 0 Å². The predicted octanol–water partition coefficient (Wildman–Crippen LogP) is 2.19. The number of ether oxygens (including phenoxy) is 1. The Balaban J connectivity index is 1.80. The smallest absolute Gasteiger partial charge is 0.225 e. The zero-order valence-electron chi connectivity index (χ0n) is 14.8. The highest BCUT2D eigenvalue weighted by molar-refractivity contribution is 7.91. The third-order valence-electron chi connectivity index (χ3n) is 4.19. The molecule has 0 spiro atoms. The molecule has 26 heavy (non-hydrogen) atoms. The second-order valence-electron chi connectivity index (χ2n) is 6.35. The molecule has 1 fully saturated rings. The van der Waals surface area contributed by atoms with E-state index in [-0.39, 0.29) is 17.5 Å². The Morgan fingerprint density at radius 3 is 2.73 bits per heavy atom. The number of nitrogens with one attached hydrogen (secondary N) is 2. The van der Waals surface area contributed by atoms with E-state index in [1.54, 1.807) is 7.11 Å². The van der Waals surface area contributed by atoms with E-state index in [4.69, 9.17) is 4.74 Å². The number of methoxy groups -OCH3 is 1. The summed E-state index contributed by atoms with van der Waals surface area (Å²) in [7, 11) is -1.27. The topological polar surface area (TPSA) is 93.2 Å². The first-order chi connectivity index (χ1) is 12.6. The largest absolute Gasteiger partial charge is 0.385 e. The maximum absolute atomic E-state index is 11.7. The van der Waals surface area contributed by atoms with Crippen molar-refractivity contribution in [3.63, 3.8) is 0 Å². The molecule has 0 bridgehead atoms. The monoisotopic (exact) mass is 376 g/mol. The fraction of sp³-hybridized carbons (Fsp3) is 0.444. The van der Waals surface area contributed by atoms with Crippen molar-refractivity contribution in [1.29, 1.82) is 0 Å². The fourth-order valence-corrected chi connectivity index (χ4v) is 4.57. The van der Waals surface area contributed by atoms with Gasteiger partial charge in [-0.05, 0) is 12.8 Å². The molecule has 8 heteroatoms. The molecule has 1 aliphatic heterocycles. The van der Waals surface area contributed by atoms with Crippen LogP contribution in [0, 0.1) is 0 Å². The predicted molar refractivity (Wildman–Crippen MR) is 103 cm³/mol. The Hall–Kier alpha value is -2.19. The van der Waals surface area contributed by atoms with Crippen molar-refractivity contribution in [2.24, 2.45) is 0 Å². The van der Waals surface area contributed by atoms with Crippen LogP contribution in [0.3, 0.4) is 0 Å². The van der Waals surface area contributed by atoms with Gasteiger partial charge in [0.2, 0.25) is 5.95 Å². The number of hydrogen-bond acceptors (Lipinski definition) is 7. The first-order valence-corrected chi connectivity index (χ1v) is 10.5. The van der Waals surface area contributed by atoms with Gasteiger partial charge in [-0.25, -0.2) is 13.4 Å². The lowest BCUT2D eigenvalue weighted by atomic mass is 10.1. The highest BCUT2D eigenvalue weighted by Crippen LogP contribution is 2.23. The molecule has 1 aromatic carbocycles. The molecule has 1 unspecified atom stereocenters. The molecular formula is C18H24N4O3S. The molecule has 3 rings (SSSR count). The summed E-state index contributed by atoms with van der Waals surface area (Å²) in [5.74, 6) is 1.53. The quantitative estimate of drug-likeness (QED) is 0.682. The zero-order chi connectivity index (χ0) is 18.4. The summed E-state index contributed by atoms with van der Waals surface area (Å²) in [5.41, 5.74) is 1.77. The molecule has 7 nitrogen and oxygen atoms in total. The Kier molecular flexibility index (Phi) is 6.05. The molecule has 1 saturated heterocycles. The summed E-state index contributed by atoms with van der Waals surface area (Å²) in [6, 6.07) is 11.6. The Morgan fingerprint density at radius 2 is 2.04 bits per heavy atom. The van der Waals surface area contributed by atoms with Crippen LogP contribution in [0.1, 0.15) is 12.8 Å². The van der Waals surface area contributed by atoms with Crippen LogP contribution in [-0.2, 0) is 14.6 Å². The van der Waals surface area contributed by atoms with Crippen LogP contribution in [0.4, 0.5) is 11.8 Å². The van der Waals surface area contributed by atoms with Crippen molar-refractivity contribution < 1.29 is 13.2 Å². The second-order valence-corrected chi connectivity index (χ2v) is 8.57. The van der Waals surface area contributed by atoms with Crippen LogP contribution < -0.4 is 10.6 Å². The van der Waals surface area contributed by atoms with E-state index in [2.05, 4.69) is 20.6 Å². The summed E-state index contributed by atoms with van der Waals surface area (Å²) < 4.78 is 28.4. The number of nitrogens with zero attached hydrogens (tertiary/aromatic N) is 2. The van der Waals surface area contributed by atoms with Gasteiger partial charge in [0.05, 0.1) is 17.2 Å². The first kappa shape index (κ1) is 18.6. The minimum atomic E-state index is -2.94. The molecule has 2 N–H and O–H groups in total. The molecule has 2 heterocycles. The third-order valence-corrected chi connectivity index (χ3v) is 5.96. The number of benzene rings is 1. The summed E-state index contributed by atoms with van der Waals surface area (Å²) in [6.07, 6.45) is 1.45. The standard InChI is InChI=1S/C18H24N4O3S/c1-25-10-5-9-19-18-21-16(14-6-3-2-4-7-14)12-17(22-18)20-15-8-11-26(23,24)13-15/h2-4,6-7,12,15H,5,8-11,13H2,1H3,(H2,19,20,21,22). The summed E-state index contributed by atoms with van der Waals surface area (Å²) >= 11 is 0. The van der Waals surface area contributed by atoms with E-state index in [1.807, 2.05) is 36.4 Å². The van der Waals surface area contributed by atoms with Crippen LogP contribution in [0.25, 0.3) is 11.3 Å². The van der Waals surface area contributed by atoms with Gasteiger partial charge in [0.1, 0.15) is 5.82 Å². The molecule has 0 amide bonds. The molecule has 1 aliphatic rings. The van der Waals surface area contributed by atoms with Gasteiger partial charge in [-0.15, -0.1) is 0 Å². The van der Waals surface area contributed by atoms with E-state index in [9.17, 15) is 8.42 Å². The van der Waals surface area contributed by atoms with Gasteiger partial charge in [0.25, 0.3) is 0 Å². The fourth-order valence-electron chi connectivity index (χ4n) is 2.89. The van der Waals surface area contributed by atoms with Gasteiger partial charge < -0.3 is 15.4 Å². The van der Waals surface area contributed by atoms with Crippen LogP contribution in [0.5, 0.6) is 0 Å². The van der Waals surface area contributed by atoms with Gasteiger partial charge in [-0.2, -0.15) is 4.98 Å². The molecular weight excluding hydrogens is 352 g/mol. The molecule has 0 saturated carbocycles.